The van der Waals surface area contributed by atoms with Crippen molar-refractivity contribution >= 4 is 11.6 Å². The molecule has 1 fully saturated rings. The Bertz CT molecular complexity index is 894. The van der Waals surface area contributed by atoms with Gasteiger partial charge in [0, 0.05) is 17.4 Å². The van der Waals surface area contributed by atoms with Crippen LogP contribution in [0.3, 0.4) is 0 Å². The number of hydrogen-bond acceptors (Lipinski definition) is 4. The van der Waals surface area contributed by atoms with Crippen molar-refractivity contribution in [1.82, 2.24) is 5.01 Å². The Balaban J connectivity index is 1.53. The summed E-state index contributed by atoms with van der Waals surface area (Å²) >= 11 is 0. The third-order valence-electron chi connectivity index (χ3n) is 5.76. The Kier molecular flexibility index (Phi) is 4.07. The van der Waals surface area contributed by atoms with E-state index in [1.807, 2.05) is 48.5 Å². The lowest BCUT2D eigenvalue weighted by molar-refractivity contribution is -0.139. The molecule has 2 aliphatic heterocycles. The lowest BCUT2D eigenvalue weighted by Gasteiger charge is -2.38. The van der Waals surface area contributed by atoms with Crippen LogP contribution in [-0.2, 0) is 11.3 Å². The first-order valence-corrected chi connectivity index (χ1v) is 9.63. The third kappa shape index (κ3) is 2.97. The molecule has 0 unspecified atom stereocenters. The van der Waals surface area contributed by atoms with E-state index in [1.165, 1.54) is 0 Å². The molecule has 0 spiro atoms. The molecule has 0 radical (unpaired) electrons. The molecule has 0 N–H and O–H groups in total. The maximum Gasteiger partial charge on any atom is 0.246 e. The average Bonchev–Trinajstić information content (AvgIpc) is 3.19. The fourth-order valence-corrected chi connectivity index (χ4v) is 4.40. The second-order valence-corrected chi connectivity index (χ2v) is 7.43. The Morgan fingerprint density at radius 2 is 1.74 bits per heavy atom. The van der Waals surface area contributed by atoms with Crippen LogP contribution in [0.4, 0.5) is 0 Å². The number of amides is 1. The zero-order chi connectivity index (χ0) is 18.2. The summed E-state index contributed by atoms with van der Waals surface area (Å²) in [7, 11) is 0. The van der Waals surface area contributed by atoms with Crippen molar-refractivity contribution in [1.29, 1.82) is 0 Å². The molecule has 0 saturated heterocycles. The van der Waals surface area contributed by atoms with E-state index in [-0.39, 0.29) is 24.5 Å². The van der Waals surface area contributed by atoms with Crippen LogP contribution in [0.1, 0.15) is 36.8 Å². The van der Waals surface area contributed by atoms with Gasteiger partial charge in [-0.3, -0.25) is 4.79 Å². The maximum atomic E-state index is 13.1. The summed E-state index contributed by atoms with van der Waals surface area (Å²) in [5.74, 6) is 1.91. The molecule has 1 saturated carbocycles. The van der Waals surface area contributed by atoms with E-state index < -0.39 is 0 Å². The normalized spacial score (nSPS) is 23.8. The molecule has 5 heteroatoms. The molecule has 0 bridgehead atoms. The molecular weight excluding hydrogens is 340 g/mol. The number of carbonyl (C=O) groups excluding carboxylic acids is 1. The topological polar surface area (TPSA) is 51.1 Å². The monoisotopic (exact) mass is 362 g/mol. The second-order valence-electron chi connectivity index (χ2n) is 7.43. The van der Waals surface area contributed by atoms with Gasteiger partial charge in [-0.1, -0.05) is 43.2 Å². The number of rotatable bonds is 3. The van der Waals surface area contributed by atoms with Gasteiger partial charge in [0.25, 0.3) is 0 Å². The van der Waals surface area contributed by atoms with Crippen LogP contribution in [-0.4, -0.2) is 23.4 Å². The first-order valence-electron chi connectivity index (χ1n) is 9.63. The first kappa shape index (κ1) is 16.4. The van der Waals surface area contributed by atoms with E-state index in [2.05, 4.69) is 0 Å². The molecular formula is C22H22N2O3. The quantitative estimate of drug-likeness (QED) is 0.830. The zero-order valence-corrected chi connectivity index (χ0v) is 15.1. The molecule has 1 aliphatic carbocycles. The summed E-state index contributed by atoms with van der Waals surface area (Å²) < 4.78 is 11.0. The molecule has 5 rings (SSSR count). The van der Waals surface area contributed by atoms with Crippen LogP contribution in [0, 0.1) is 11.8 Å². The van der Waals surface area contributed by atoms with Crippen molar-refractivity contribution in [2.24, 2.45) is 16.9 Å². The smallest absolute Gasteiger partial charge is 0.246 e. The van der Waals surface area contributed by atoms with Gasteiger partial charge in [-0.2, -0.15) is 5.10 Å². The number of carbonyl (C=O) groups is 1. The fraction of sp³-hybridized carbons (Fsp3) is 0.364. The van der Waals surface area contributed by atoms with E-state index in [9.17, 15) is 4.79 Å². The molecule has 2 atom stereocenters. The van der Waals surface area contributed by atoms with Crippen LogP contribution in [0.15, 0.2) is 53.6 Å². The number of benzene rings is 2. The average molecular weight is 362 g/mol. The van der Waals surface area contributed by atoms with Crippen LogP contribution in [0.2, 0.25) is 0 Å². The molecule has 3 aliphatic rings. The summed E-state index contributed by atoms with van der Waals surface area (Å²) in [5, 5.41) is 6.51. The summed E-state index contributed by atoms with van der Waals surface area (Å²) in [6.45, 7) is 0.771. The Labute approximate surface area is 158 Å². The Morgan fingerprint density at radius 3 is 2.59 bits per heavy atom. The summed E-state index contributed by atoms with van der Waals surface area (Å²) in [4.78, 5) is 13.1. The highest BCUT2D eigenvalue weighted by Gasteiger charge is 2.41. The molecule has 1 amide bonds. The van der Waals surface area contributed by atoms with Gasteiger partial charge in [0.1, 0.15) is 0 Å². The highest BCUT2D eigenvalue weighted by molar-refractivity contribution is 6.07. The minimum absolute atomic E-state index is 0.0281. The van der Waals surface area contributed by atoms with Crippen molar-refractivity contribution < 1.29 is 14.3 Å². The van der Waals surface area contributed by atoms with Gasteiger partial charge in [0.15, 0.2) is 11.5 Å². The fourth-order valence-electron chi connectivity index (χ4n) is 4.40. The van der Waals surface area contributed by atoms with Gasteiger partial charge in [-0.15, -0.1) is 0 Å². The third-order valence-corrected chi connectivity index (χ3v) is 5.76. The van der Waals surface area contributed by atoms with Crippen molar-refractivity contribution in [2.45, 2.75) is 32.2 Å². The maximum absolute atomic E-state index is 13.1. The predicted molar refractivity (Wildman–Crippen MR) is 102 cm³/mol. The van der Waals surface area contributed by atoms with E-state index in [0.717, 1.165) is 54.0 Å². The highest BCUT2D eigenvalue weighted by atomic mass is 16.7. The molecule has 2 heterocycles. The van der Waals surface area contributed by atoms with Crippen molar-refractivity contribution in [2.75, 3.05) is 6.79 Å². The van der Waals surface area contributed by atoms with Gasteiger partial charge < -0.3 is 9.47 Å². The van der Waals surface area contributed by atoms with E-state index in [4.69, 9.17) is 14.6 Å². The van der Waals surface area contributed by atoms with Crippen LogP contribution >= 0.6 is 0 Å². The Hall–Kier alpha value is -2.82. The van der Waals surface area contributed by atoms with Gasteiger partial charge in [0.05, 0.1) is 12.3 Å². The van der Waals surface area contributed by atoms with Crippen LogP contribution in [0.5, 0.6) is 11.5 Å². The predicted octanol–water partition coefficient (Wildman–Crippen LogP) is 3.97. The number of hydrogen-bond donors (Lipinski definition) is 0. The van der Waals surface area contributed by atoms with Crippen LogP contribution in [0.25, 0.3) is 0 Å². The van der Waals surface area contributed by atoms with Gasteiger partial charge in [0.2, 0.25) is 12.7 Å². The van der Waals surface area contributed by atoms with Crippen molar-refractivity contribution in [3.8, 4) is 11.5 Å². The van der Waals surface area contributed by atoms with Gasteiger partial charge in [-0.25, -0.2) is 5.01 Å². The van der Waals surface area contributed by atoms with Gasteiger partial charge >= 0.3 is 0 Å². The lowest BCUT2D eigenvalue weighted by atomic mass is 9.73. The summed E-state index contributed by atoms with van der Waals surface area (Å²) in [5.41, 5.74) is 3.13. The SMILES string of the molecule is O=C1[C@H]2CCCC[C@H]2C(c2ccc3c(c2)OCO3)=NN1Cc1ccccc1. The molecule has 5 nitrogen and oxygen atoms in total. The molecule has 2 aromatic rings. The van der Waals surface area contributed by atoms with Crippen LogP contribution < -0.4 is 9.47 Å². The largest absolute Gasteiger partial charge is 0.454 e. The lowest BCUT2D eigenvalue weighted by Crippen LogP contribution is -2.45. The molecule has 27 heavy (non-hydrogen) atoms. The number of hydrazone groups is 1. The first-order chi connectivity index (χ1) is 13.3. The number of fused-ring (bicyclic) bond motifs is 2. The molecule has 138 valence electrons. The standard InChI is InChI=1S/C22H22N2O3/c25-22-18-9-5-4-8-17(18)21(16-10-11-19-20(12-16)27-14-26-19)23-24(22)13-15-6-2-1-3-7-15/h1-3,6-7,10-12,17-18H,4-5,8-9,13-14H2/t17-,18+/m1/s1. The highest BCUT2D eigenvalue weighted by Crippen LogP contribution is 2.40. The number of ether oxygens (including phenoxy) is 2. The summed E-state index contributed by atoms with van der Waals surface area (Å²) in [6.07, 6.45) is 4.22. The Morgan fingerprint density at radius 1 is 0.963 bits per heavy atom. The minimum Gasteiger partial charge on any atom is -0.454 e. The molecule has 0 aromatic heterocycles. The van der Waals surface area contributed by atoms with Crippen molar-refractivity contribution in [3.63, 3.8) is 0 Å². The van der Waals surface area contributed by atoms with Crippen molar-refractivity contribution in [3.05, 3.63) is 59.7 Å². The van der Waals surface area contributed by atoms with E-state index >= 15 is 0 Å². The summed E-state index contributed by atoms with van der Waals surface area (Å²) in [6, 6.07) is 16.0. The zero-order valence-electron chi connectivity index (χ0n) is 15.1. The van der Waals surface area contributed by atoms with E-state index in [0.29, 0.717) is 6.54 Å². The van der Waals surface area contributed by atoms with E-state index in [1.54, 1.807) is 5.01 Å². The van der Waals surface area contributed by atoms with Gasteiger partial charge in [-0.05, 0) is 36.6 Å². The second kappa shape index (κ2) is 6.72. The molecule has 2 aromatic carbocycles. The minimum atomic E-state index is 0.0281. The number of nitrogens with zero attached hydrogens (tertiary/aromatic N) is 2.